The van der Waals surface area contributed by atoms with Crippen LogP contribution < -0.4 is 11.1 Å². The number of aromatic nitrogens is 4. The Morgan fingerprint density at radius 3 is 2.86 bits per heavy atom. The maximum absolute atomic E-state index is 11.3. The Labute approximate surface area is 76.5 Å². The number of nitrogens with one attached hydrogen (secondary N) is 2. The van der Waals surface area contributed by atoms with Crippen molar-refractivity contribution < 1.29 is 5.11 Å². The first kappa shape index (κ1) is 8.57. The van der Waals surface area contributed by atoms with Gasteiger partial charge >= 0.3 is 0 Å². The molecule has 7 heteroatoms. The maximum Gasteiger partial charge on any atom is 0.279 e. The summed E-state index contributed by atoms with van der Waals surface area (Å²) >= 11 is 0. The van der Waals surface area contributed by atoms with Crippen molar-refractivity contribution in [3.63, 3.8) is 0 Å². The number of hydrogen-bond acceptors (Lipinski definition) is 5. The standard InChI is InChI=1S/C7H6N4O3/c12-2-3-9-6-5(7(14)10-3)8-1-4(13)11-6/h1,12H,2H2,(H2,9,10,11,13,14). The van der Waals surface area contributed by atoms with E-state index in [0.717, 1.165) is 6.20 Å². The third kappa shape index (κ3) is 1.29. The lowest BCUT2D eigenvalue weighted by Gasteiger charge is -1.97. The zero-order valence-corrected chi connectivity index (χ0v) is 6.94. The zero-order valence-electron chi connectivity index (χ0n) is 6.94. The number of aromatic amines is 2. The Morgan fingerprint density at radius 1 is 1.36 bits per heavy atom. The third-order valence-corrected chi connectivity index (χ3v) is 1.65. The minimum atomic E-state index is -0.490. The van der Waals surface area contributed by atoms with Crippen LogP contribution in [0.1, 0.15) is 5.82 Å². The molecule has 2 aromatic heterocycles. The largest absolute Gasteiger partial charge is 0.388 e. The highest BCUT2D eigenvalue weighted by Gasteiger charge is 2.04. The van der Waals surface area contributed by atoms with Gasteiger partial charge in [-0.1, -0.05) is 0 Å². The molecule has 0 aromatic carbocycles. The first-order valence-electron chi connectivity index (χ1n) is 3.80. The molecule has 2 heterocycles. The van der Waals surface area contributed by atoms with E-state index >= 15 is 0 Å². The van der Waals surface area contributed by atoms with E-state index in [9.17, 15) is 9.59 Å². The third-order valence-electron chi connectivity index (χ3n) is 1.65. The number of fused-ring (bicyclic) bond motifs is 1. The molecule has 2 aromatic rings. The highest BCUT2D eigenvalue weighted by molar-refractivity contribution is 5.67. The van der Waals surface area contributed by atoms with Gasteiger partial charge in [0.1, 0.15) is 12.4 Å². The van der Waals surface area contributed by atoms with Gasteiger partial charge in [0, 0.05) is 0 Å². The number of H-pyrrole nitrogens is 2. The van der Waals surface area contributed by atoms with Crippen LogP contribution in [-0.2, 0) is 6.61 Å². The second kappa shape index (κ2) is 3.04. The van der Waals surface area contributed by atoms with Gasteiger partial charge in [-0.2, -0.15) is 0 Å². The predicted octanol–water partition coefficient (Wildman–Crippen LogP) is -1.50. The molecule has 2 rings (SSSR count). The molecular formula is C7H6N4O3. The quantitative estimate of drug-likeness (QED) is 0.511. The van der Waals surface area contributed by atoms with Crippen LogP contribution in [0.25, 0.3) is 11.2 Å². The van der Waals surface area contributed by atoms with Gasteiger partial charge in [-0.25, -0.2) is 9.97 Å². The molecule has 0 radical (unpaired) electrons. The van der Waals surface area contributed by atoms with E-state index in [2.05, 4.69) is 19.9 Å². The van der Waals surface area contributed by atoms with Crippen molar-refractivity contribution in [2.45, 2.75) is 6.61 Å². The fourth-order valence-electron chi connectivity index (χ4n) is 1.07. The highest BCUT2D eigenvalue weighted by Crippen LogP contribution is 1.95. The van der Waals surface area contributed by atoms with Gasteiger partial charge in [0.05, 0.1) is 6.20 Å². The molecular weight excluding hydrogens is 188 g/mol. The summed E-state index contributed by atoms with van der Waals surface area (Å²) in [5, 5.41) is 8.75. The van der Waals surface area contributed by atoms with E-state index in [1.165, 1.54) is 0 Å². The smallest absolute Gasteiger partial charge is 0.279 e. The van der Waals surface area contributed by atoms with E-state index < -0.39 is 17.7 Å². The number of nitrogens with zero attached hydrogens (tertiary/aromatic N) is 2. The summed E-state index contributed by atoms with van der Waals surface area (Å²) in [4.78, 5) is 34.2. The van der Waals surface area contributed by atoms with Gasteiger partial charge in [0.2, 0.25) is 0 Å². The molecule has 0 unspecified atom stereocenters. The lowest BCUT2D eigenvalue weighted by atomic mass is 10.5. The van der Waals surface area contributed by atoms with Gasteiger partial charge in [0.25, 0.3) is 11.1 Å². The van der Waals surface area contributed by atoms with Crippen molar-refractivity contribution >= 4 is 11.2 Å². The van der Waals surface area contributed by atoms with Crippen LogP contribution in [0.3, 0.4) is 0 Å². The molecule has 0 aliphatic rings. The van der Waals surface area contributed by atoms with Crippen LogP contribution in [-0.4, -0.2) is 25.0 Å². The lowest BCUT2D eigenvalue weighted by Crippen LogP contribution is -2.17. The van der Waals surface area contributed by atoms with Gasteiger partial charge < -0.3 is 15.1 Å². The molecule has 14 heavy (non-hydrogen) atoms. The van der Waals surface area contributed by atoms with Crippen molar-refractivity contribution in [3.8, 4) is 0 Å². The number of rotatable bonds is 1. The Kier molecular flexibility index (Phi) is 1.86. The molecule has 0 bridgehead atoms. The number of hydrogen-bond donors (Lipinski definition) is 3. The monoisotopic (exact) mass is 194 g/mol. The van der Waals surface area contributed by atoms with Gasteiger partial charge in [0.15, 0.2) is 11.2 Å². The van der Waals surface area contributed by atoms with Crippen LogP contribution >= 0.6 is 0 Å². The highest BCUT2D eigenvalue weighted by atomic mass is 16.3. The summed E-state index contributed by atoms with van der Waals surface area (Å²) in [5.74, 6) is 0.0890. The molecule has 7 nitrogen and oxygen atoms in total. The predicted molar refractivity (Wildman–Crippen MR) is 46.7 cm³/mol. The molecule has 0 aliphatic heterocycles. The maximum atomic E-state index is 11.3. The summed E-state index contributed by atoms with van der Waals surface area (Å²) in [6.45, 7) is -0.401. The minimum Gasteiger partial charge on any atom is -0.388 e. The van der Waals surface area contributed by atoms with Gasteiger partial charge in [-0.05, 0) is 0 Å². The van der Waals surface area contributed by atoms with E-state index in [1.807, 2.05) is 0 Å². The molecule has 0 saturated carbocycles. The van der Waals surface area contributed by atoms with Gasteiger partial charge in [-0.3, -0.25) is 9.59 Å². The Balaban J connectivity index is 2.90. The van der Waals surface area contributed by atoms with Crippen molar-refractivity contribution in [2.24, 2.45) is 0 Å². The molecule has 0 atom stereocenters. The average Bonchev–Trinajstić information content (AvgIpc) is 2.16. The summed E-state index contributed by atoms with van der Waals surface area (Å²) in [5.41, 5.74) is -0.818. The summed E-state index contributed by atoms with van der Waals surface area (Å²) in [7, 11) is 0. The molecule has 0 amide bonds. The average molecular weight is 194 g/mol. The SMILES string of the molecule is O=c1cnc2c(=O)[nH]c(CO)nc2[nH]1. The molecule has 3 N–H and O–H groups in total. The van der Waals surface area contributed by atoms with Crippen molar-refractivity contribution in [3.05, 3.63) is 32.7 Å². The second-order valence-corrected chi connectivity index (χ2v) is 2.62. The van der Waals surface area contributed by atoms with Crippen LogP contribution in [0, 0.1) is 0 Å². The zero-order chi connectivity index (χ0) is 10.1. The fraction of sp³-hybridized carbons (Fsp3) is 0.143. The molecule has 0 aliphatic carbocycles. The minimum absolute atomic E-state index is 0.0433. The lowest BCUT2D eigenvalue weighted by molar-refractivity contribution is 0.271. The van der Waals surface area contributed by atoms with Crippen molar-refractivity contribution in [1.82, 2.24) is 19.9 Å². The normalized spacial score (nSPS) is 10.6. The van der Waals surface area contributed by atoms with E-state index in [-0.39, 0.29) is 17.0 Å². The molecule has 0 spiro atoms. The topological polar surface area (TPSA) is 112 Å². The van der Waals surface area contributed by atoms with Gasteiger partial charge in [-0.15, -0.1) is 0 Å². The first-order chi connectivity index (χ1) is 6.70. The van der Waals surface area contributed by atoms with Crippen LogP contribution in [0.15, 0.2) is 15.8 Å². The van der Waals surface area contributed by atoms with Crippen LogP contribution in [0.4, 0.5) is 0 Å². The number of aliphatic hydroxyl groups excluding tert-OH is 1. The Morgan fingerprint density at radius 2 is 2.14 bits per heavy atom. The van der Waals surface area contributed by atoms with Crippen LogP contribution in [0.2, 0.25) is 0 Å². The summed E-state index contributed by atoms with van der Waals surface area (Å²) in [6.07, 6.45) is 0.998. The van der Waals surface area contributed by atoms with E-state index in [1.54, 1.807) is 0 Å². The summed E-state index contributed by atoms with van der Waals surface area (Å²) < 4.78 is 0. The van der Waals surface area contributed by atoms with E-state index in [4.69, 9.17) is 5.11 Å². The molecule has 0 fully saturated rings. The summed E-state index contributed by atoms with van der Waals surface area (Å²) in [6, 6.07) is 0. The van der Waals surface area contributed by atoms with Crippen molar-refractivity contribution in [2.75, 3.05) is 0 Å². The van der Waals surface area contributed by atoms with Crippen molar-refractivity contribution in [1.29, 1.82) is 0 Å². The second-order valence-electron chi connectivity index (χ2n) is 2.62. The first-order valence-corrected chi connectivity index (χ1v) is 3.80. The number of aliphatic hydroxyl groups is 1. The van der Waals surface area contributed by atoms with Crippen LogP contribution in [0.5, 0.6) is 0 Å². The molecule has 72 valence electrons. The Hall–Kier alpha value is -2.02. The fourth-order valence-corrected chi connectivity index (χ4v) is 1.07. The Bertz CT molecular complexity index is 585. The molecule has 0 saturated heterocycles. The van der Waals surface area contributed by atoms with E-state index in [0.29, 0.717) is 0 Å².